The van der Waals surface area contributed by atoms with E-state index in [0.29, 0.717) is 0 Å². The third-order valence-corrected chi connectivity index (χ3v) is 5.59. The molecule has 0 radical (unpaired) electrons. The minimum atomic E-state index is -0.518. The van der Waals surface area contributed by atoms with Crippen LogP contribution in [0.1, 0.15) is 16.1 Å². The van der Waals surface area contributed by atoms with Crippen molar-refractivity contribution < 1.29 is 4.79 Å². The molecule has 0 spiro atoms. The number of carbonyl (C=O) groups is 1. The van der Waals surface area contributed by atoms with Crippen molar-refractivity contribution in [2.75, 3.05) is 24.6 Å². The molecule has 1 aromatic carbocycles. The Morgan fingerprint density at radius 2 is 2.08 bits per heavy atom. The lowest BCUT2D eigenvalue weighted by molar-refractivity contribution is 0.0996. The Bertz CT molecular complexity index is 962. The molecule has 0 saturated carbocycles. The zero-order valence-corrected chi connectivity index (χ0v) is 15.5. The van der Waals surface area contributed by atoms with E-state index in [1.807, 2.05) is 25.0 Å². The van der Waals surface area contributed by atoms with Crippen LogP contribution in [0, 0.1) is 0 Å². The van der Waals surface area contributed by atoms with Crippen molar-refractivity contribution in [2.45, 2.75) is 6.54 Å². The molecule has 1 amide bonds. The van der Waals surface area contributed by atoms with Gasteiger partial charge < -0.3 is 5.73 Å². The van der Waals surface area contributed by atoms with Crippen LogP contribution >= 0.6 is 11.8 Å². The first-order chi connectivity index (χ1) is 12.6. The highest BCUT2D eigenvalue weighted by molar-refractivity contribution is 7.99. The highest BCUT2D eigenvalue weighted by Crippen LogP contribution is 2.29. The maximum atomic E-state index is 11.8. The number of hydrogen-bond acceptors (Lipinski definition) is 5. The number of thioether (sulfide) groups is 1. The lowest BCUT2D eigenvalue weighted by atomic mass is 10.0. The summed E-state index contributed by atoms with van der Waals surface area (Å²) in [6.07, 6.45) is 3.72. The first-order valence-electron chi connectivity index (χ1n) is 8.63. The summed E-state index contributed by atoms with van der Waals surface area (Å²) in [6, 6.07) is 8.06. The van der Waals surface area contributed by atoms with Crippen molar-refractivity contribution >= 4 is 28.6 Å². The van der Waals surface area contributed by atoms with E-state index in [4.69, 9.17) is 5.73 Å². The summed E-state index contributed by atoms with van der Waals surface area (Å²) in [5, 5.41) is 5.24. The largest absolute Gasteiger partial charge is 0.364 e. The molecule has 0 atom stereocenters. The average molecular weight is 367 g/mol. The number of rotatable bonds is 4. The van der Waals surface area contributed by atoms with E-state index in [1.54, 1.807) is 16.9 Å². The Balaban J connectivity index is 1.77. The standard InChI is InChI=1S/C19H21N5OS/c1-23-12-14(10-21-23)16-9-18(19(20)25)22-17-8-13(2-3-15(16)17)11-24-4-6-26-7-5-24/h2-3,8-10,12H,4-7,11H2,1H3,(H2,20,25). The molecule has 0 unspecified atom stereocenters. The van der Waals surface area contributed by atoms with Crippen LogP contribution in [0.15, 0.2) is 36.7 Å². The quantitative estimate of drug-likeness (QED) is 0.765. The van der Waals surface area contributed by atoms with Crippen LogP contribution in [0.3, 0.4) is 0 Å². The number of nitrogens with zero attached hydrogens (tertiary/aromatic N) is 4. The minimum Gasteiger partial charge on any atom is -0.364 e. The molecule has 6 nitrogen and oxygen atoms in total. The summed E-state index contributed by atoms with van der Waals surface area (Å²) in [5.41, 5.74) is 9.67. The van der Waals surface area contributed by atoms with Crippen LogP contribution < -0.4 is 5.73 Å². The molecule has 1 saturated heterocycles. The molecule has 2 aromatic heterocycles. The van der Waals surface area contributed by atoms with Gasteiger partial charge in [-0.1, -0.05) is 12.1 Å². The number of fused-ring (bicyclic) bond motifs is 1. The van der Waals surface area contributed by atoms with Gasteiger partial charge in [-0.2, -0.15) is 16.9 Å². The van der Waals surface area contributed by atoms with Crippen molar-refractivity contribution in [1.29, 1.82) is 0 Å². The maximum absolute atomic E-state index is 11.8. The highest BCUT2D eigenvalue weighted by atomic mass is 32.2. The predicted molar refractivity (Wildman–Crippen MR) is 105 cm³/mol. The topological polar surface area (TPSA) is 77.0 Å². The van der Waals surface area contributed by atoms with Gasteiger partial charge in [-0.05, 0) is 23.3 Å². The van der Waals surface area contributed by atoms with E-state index in [9.17, 15) is 4.79 Å². The lowest BCUT2D eigenvalue weighted by Crippen LogP contribution is -2.31. The van der Waals surface area contributed by atoms with Gasteiger partial charge in [0.2, 0.25) is 0 Å². The van der Waals surface area contributed by atoms with E-state index in [1.165, 1.54) is 17.1 Å². The first kappa shape index (κ1) is 17.1. The van der Waals surface area contributed by atoms with E-state index in [-0.39, 0.29) is 5.69 Å². The smallest absolute Gasteiger partial charge is 0.267 e. The van der Waals surface area contributed by atoms with Crippen molar-refractivity contribution in [3.8, 4) is 11.1 Å². The molecule has 0 aliphatic carbocycles. The van der Waals surface area contributed by atoms with Crippen LogP contribution in [-0.4, -0.2) is 50.2 Å². The van der Waals surface area contributed by atoms with Crippen molar-refractivity contribution in [1.82, 2.24) is 19.7 Å². The lowest BCUT2D eigenvalue weighted by Gasteiger charge is -2.26. The Morgan fingerprint density at radius 3 is 2.77 bits per heavy atom. The normalized spacial score (nSPS) is 15.4. The number of carbonyl (C=O) groups excluding carboxylic acids is 1. The van der Waals surface area contributed by atoms with Crippen LogP contribution in [0.5, 0.6) is 0 Å². The fraction of sp³-hybridized carbons (Fsp3) is 0.316. The summed E-state index contributed by atoms with van der Waals surface area (Å²) in [7, 11) is 1.87. The second-order valence-corrected chi connectivity index (χ2v) is 7.79. The molecule has 134 valence electrons. The van der Waals surface area contributed by atoms with Gasteiger partial charge >= 0.3 is 0 Å². The average Bonchev–Trinajstić information content (AvgIpc) is 3.07. The third kappa shape index (κ3) is 3.45. The molecule has 0 bridgehead atoms. The van der Waals surface area contributed by atoms with Crippen LogP contribution in [0.2, 0.25) is 0 Å². The van der Waals surface area contributed by atoms with Gasteiger partial charge in [0.25, 0.3) is 5.91 Å². The molecule has 3 heterocycles. The van der Waals surface area contributed by atoms with E-state index < -0.39 is 5.91 Å². The van der Waals surface area contributed by atoms with Gasteiger partial charge in [0.1, 0.15) is 5.69 Å². The molecule has 1 aliphatic heterocycles. The SMILES string of the molecule is Cn1cc(-c2cc(C(N)=O)nc3cc(CN4CCSCC4)ccc23)cn1. The molecule has 26 heavy (non-hydrogen) atoms. The summed E-state index contributed by atoms with van der Waals surface area (Å²) < 4.78 is 1.74. The second kappa shape index (κ2) is 7.09. The highest BCUT2D eigenvalue weighted by Gasteiger charge is 2.15. The molecular weight excluding hydrogens is 346 g/mol. The van der Waals surface area contributed by atoms with Gasteiger partial charge in [0, 0.05) is 55.3 Å². The Labute approximate surface area is 156 Å². The van der Waals surface area contributed by atoms with E-state index >= 15 is 0 Å². The fourth-order valence-electron chi connectivity index (χ4n) is 3.32. The van der Waals surface area contributed by atoms with Crippen LogP contribution in [-0.2, 0) is 13.6 Å². The summed E-state index contributed by atoms with van der Waals surface area (Å²) in [5.74, 6) is 1.85. The number of hydrogen-bond donors (Lipinski definition) is 1. The Kier molecular flexibility index (Phi) is 4.65. The summed E-state index contributed by atoms with van der Waals surface area (Å²) in [4.78, 5) is 18.7. The molecule has 1 aliphatic rings. The molecule has 3 aromatic rings. The number of benzene rings is 1. The number of aromatic nitrogens is 3. The van der Waals surface area contributed by atoms with Gasteiger partial charge in [-0.3, -0.25) is 14.4 Å². The minimum absolute atomic E-state index is 0.280. The maximum Gasteiger partial charge on any atom is 0.267 e. The van der Waals surface area contributed by atoms with Gasteiger partial charge in [0.15, 0.2) is 0 Å². The number of aryl methyl sites for hydroxylation is 1. The Hall–Kier alpha value is -2.38. The van der Waals surface area contributed by atoms with Crippen molar-refractivity contribution in [3.63, 3.8) is 0 Å². The predicted octanol–water partition coefficient (Wildman–Crippen LogP) is 2.28. The van der Waals surface area contributed by atoms with Crippen LogP contribution in [0.25, 0.3) is 22.0 Å². The molecule has 7 heteroatoms. The van der Waals surface area contributed by atoms with Crippen LogP contribution in [0.4, 0.5) is 0 Å². The van der Waals surface area contributed by atoms with Gasteiger partial charge in [0.05, 0.1) is 11.7 Å². The molecule has 1 fully saturated rings. The number of nitrogens with two attached hydrogens (primary N) is 1. The second-order valence-electron chi connectivity index (χ2n) is 6.56. The van der Waals surface area contributed by atoms with Crippen molar-refractivity contribution in [2.24, 2.45) is 12.8 Å². The van der Waals surface area contributed by atoms with E-state index in [0.717, 1.165) is 41.7 Å². The fourth-order valence-corrected chi connectivity index (χ4v) is 4.29. The molecule has 2 N–H and O–H groups in total. The summed E-state index contributed by atoms with van der Waals surface area (Å²) in [6.45, 7) is 3.12. The molecule has 4 rings (SSSR count). The third-order valence-electron chi connectivity index (χ3n) is 4.65. The zero-order valence-electron chi connectivity index (χ0n) is 14.7. The van der Waals surface area contributed by atoms with Gasteiger partial charge in [-0.15, -0.1) is 0 Å². The van der Waals surface area contributed by atoms with Gasteiger partial charge in [-0.25, -0.2) is 4.98 Å². The first-order valence-corrected chi connectivity index (χ1v) is 9.78. The molecular formula is C19H21N5OS. The number of amides is 1. The zero-order chi connectivity index (χ0) is 18.1. The monoisotopic (exact) mass is 367 g/mol. The number of pyridine rings is 1. The Morgan fingerprint density at radius 1 is 1.27 bits per heavy atom. The van der Waals surface area contributed by atoms with Crippen molar-refractivity contribution in [3.05, 3.63) is 47.9 Å². The van der Waals surface area contributed by atoms with E-state index in [2.05, 4.69) is 33.2 Å². The number of primary amides is 1. The summed E-state index contributed by atoms with van der Waals surface area (Å²) >= 11 is 2.01.